The van der Waals surface area contributed by atoms with E-state index in [0.29, 0.717) is 12.1 Å². The highest BCUT2D eigenvalue weighted by molar-refractivity contribution is 4.84. The molecule has 0 aromatic carbocycles. The molecule has 2 heteroatoms. The lowest BCUT2D eigenvalue weighted by molar-refractivity contribution is 0.251. The Morgan fingerprint density at radius 2 is 1.67 bits per heavy atom. The van der Waals surface area contributed by atoms with Crippen molar-refractivity contribution in [2.45, 2.75) is 76.4 Å². The summed E-state index contributed by atoms with van der Waals surface area (Å²) in [5, 5.41) is 3.83. The van der Waals surface area contributed by atoms with Crippen LogP contribution in [-0.2, 0) is 0 Å². The van der Waals surface area contributed by atoms with Gasteiger partial charge in [0.25, 0.3) is 0 Å². The predicted molar refractivity (Wildman–Crippen MR) is 64.8 cm³/mol. The Morgan fingerprint density at radius 1 is 0.933 bits per heavy atom. The molecule has 15 heavy (non-hydrogen) atoms. The number of rotatable bonds is 2. The Kier molecular flexibility index (Phi) is 4.04. The minimum Gasteiger partial charge on any atom is -0.328 e. The van der Waals surface area contributed by atoms with Crippen molar-refractivity contribution in [3.8, 4) is 0 Å². The number of nitrogens with one attached hydrogen (secondary N) is 1. The Hall–Kier alpha value is -0.0800. The van der Waals surface area contributed by atoms with Gasteiger partial charge in [-0.2, -0.15) is 0 Å². The van der Waals surface area contributed by atoms with Gasteiger partial charge in [-0.1, -0.05) is 13.3 Å². The Labute approximate surface area is 94.0 Å². The largest absolute Gasteiger partial charge is 0.328 e. The molecule has 3 N–H and O–H groups in total. The fraction of sp³-hybridized carbons (Fsp3) is 1.00. The summed E-state index contributed by atoms with van der Waals surface area (Å²) in [5.41, 5.74) is 6.01. The fourth-order valence-corrected chi connectivity index (χ4v) is 3.14. The SMILES string of the molecule is CC1CCC(NC2CCCC(N)C2)CC1. The van der Waals surface area contributed by atoms with E-state index >= 15 is 0 Å². The molecule has 0 aliphatic heterocycles. The van der Waals surface area contributed by atoms with E-state index in [-0.39, 0.29) is 0 Å². The molecule has 0 aromatic heterocycles. The van der Waals surface area contributed by atoms with Crippen molar-refractivity contribution < 1.29 is 0 Å². The molecule has 0 amide bonds. The molecule has 2 saturated carbocycles. The Balaban J connectivity index is 1.71. The van der Waals surface area contributed by atoms with E-state index in [1.54, 1.807) is 0 Å². The molecule has 0 heterocycles. The minimum absolute atomic E-state index is 0.457. The average molecular weight is 210 g/mol. The van der Waals surface area contributed by atoms with Crippen LogP contribution in [0, 0.1) is 5.92 Å². The van der Waals surface area contributed by atoms with Crippen molar-refractivity contribution in [3.63, 3.8) is 0 Å². The molecule has 0 radical (unpaired) electrons. The summed E-state index contributed by atoms with van der Waals surface area (Å²) < 4.78 is 0. The highest BCUT2D eigenvalue weighted by atomic mass is 15.0. The zero-order chi connectivity index (χ0) is 10.7. The minimum atomic E-state index is 0.457. The van der Waals surface area contributed by atoms with E-state index in [9.17, 15) is 0 Å². The molecule has 2 unspecified atom stereocenters. The fourth-order valence-electron chi connectivity index (χ4n) is 3.14. The Bertz CT molecular complexity index is 185. The van der Waals surface area contributed by atoms with Crippen molar-refractivity contribution in [1.82, 2.24) is 5.32 Å². The third-order valence-electron chi connectivity index (χ3n) is 4.20. The first-order chi connectivity index (χ1) is 7.24. The van der Waals surface area contributed by atoms with E-state index < -0.39 is 0 Å². The van der Waals surface area contributed by atoms with Crippen molar-refractivity contribution in [1.29, 1.82) is 0 Å². The van der Waals surface area contributed by atoms with E-state index in [1.165, 1.54) is 51.4 Å². The second-order valence-electron chi connectivity index (χ2n) is 5.75. The number of hydrogen-bond acceptors (Lipinski definition) is 2. The lowest BCUT2D eigenvalue weighted by Gasteiger charge is -2.34. The predicted octanol–water partition coefficient (Wildman–Crippen LogP) is 2.42. The first-order valence-corrected chi connectivity index (χ1v) is 6.75. The summed E-state index contributed by atoms with van der Waals surface area (Å²) in [6.45, 7) is 2.38. The zero-order valence-electron chi connectivity index (χ0n) is 10.0. The topological polar surface area (TPSA) is 38.0 Å². The van der Waals surface area contributed by atoms with Crippen LogP contribution in [0.5, 0.6) is 0 Å². The zero-order valence-corrected chi connectivity index (χ0v) is 10.0. The van der Waals surface area contributed by atoms with Crippen molar-refractivity contribution in [3.05, 3.63) is 0 Å². The maximum atomic E-state index is 6.01. The first-order valence-electron chi connectivity index (χ1n) is 6.75. The molecular weight excluding hydrogens is 184 g/mol. The third-order valence-corrected chi connectivity index (χ3v) is 4.20. The molecule has 0 spiro atoms. The monoisotopic (exact) mass is 210 g/mol. The average Bonchev–Trinajstić information content (AvgIpc) is 2.22. The molecule has 2 nitrogen and oxygen atoms in total. The highest BCUT2D eigenvalue weighted by Gasteiger charge is 2.24. The second-order valence-corrected chi connectivity index (χ2v) is 5.75. The molecule has 0 bridgehead atoms. The summed E-state index contributed by atoms with van der Waals surface area (Å²) in [4.78, 5) is 0. The summed E-state index contributed by atoms with van der Waals surface area (Å²) in [6, 6.07) is 1.96. The van der Waals surface area contributed by atoms with Gasteiger partial charge in [0.15, 0.2) is 0 Å². The molecule has 0 aromatic rings. The van der Waals surface area contributed by atoms with Gasteiger partial charge in [0, 0.05) is 18.1 Å². The Morgan fingerprint density at radius 3 is 2.33 bits per heavy atom. The number of nitrogens with two attached hydrogens (primary N) is 1. The molecule has 88 valence electrons. The molecule has 2 atom stereocenters. The summed E-state index contributed by atoms with van der Waals surface area (Å²) in [5.74, 6) is 0.955. The van der Waals surface area contributed by atoms with Crippen molar-refractivity contribution in [2.75, 3.05) is 0 Å². The maximum Gasteiger partial charge on any atom is 0.00843 e. The van der Waals surface area contributed by atoms with E-state index in [2.05, 4.69) is 12.2 Å². The normalized spacial score (nSPS) is 42.8. The highest BCUT2D eigenvalue weighted by Crippen LogP contribution is 2.25. The van der Waals surface area contributed by atoms with Crippen LogP contribution in [0.4, 0.5) is 0 Å². The van der Waals surface area contributed by atoms with Crippen LogP contribution in [0.3, 0.4) is 0 Å². The van der Waals surface area contributed by atoms with Gasteiger partial charge < -0.3 is 11.1 Å². The van der Waals surface area contributed by atoms with E-state index in [0.717, 1.165) is 12.0 Å². The number of hydrogen-bond donors (Lipinski definition) is 2. The van der Waals surface area contributed by atoms with Gasteiger partial charge in [0.05, 0.1) is 0 Å². The van der Waals surface area contributed by atoms with E-state index in [1.807, 2.05) is 0 Å². The summed E-state index contributed by atoms with van der Waals surface area (Å²) in [7, 11) is 0. The standard InChI is InChI=1S/C13H26N2/c1-10-5-7-12(8-6-10)15-13-4-2-3-11(14)9-13/h10-13,15H,2-9,14H2,1H3. The second kappa shape index (κ2) is 5.31. The van der Waals surface area contributed by atoms with Crippen LogP contribution in [0.25, 0.3) is 0 Å². The van der Waals surface area contributed by atoms with Crippen LogP contribution in [0.15, 0.2) is 0 Å². The summed E-state index contributed by atoms with van der Waals surface area (Å²) in [6.07, 6.45) is 10.7. The molecule has 2 rings (SSSR count). The van der Waals surface area contributed by atoms with Crippen molar-refractivity contribution in [2.24, 2.45) is 11.7 Å². The first kappa shape index (κ1) is 11.4. The quantitative estimate of drug-likeness (QED) is 0.734. The van der Waals surface area contributed by atoms with Crippen LogP contribution < -0.4 is 11.1 Å². The lowest BCUT2D eigenvalue weighted by Crippen LogP contribution is -2.45. The molecule has 2 fully saturated rings. The smallest absolute Gasteiger partial charge is 0.00843 e. The van der Waals surface area contributed by atoms with Gasteiger partial charge in [-0.3, -0.25) is 0 Å². The van der Waals surface area contributed by atoms with Gasteiger partial charge in [-0.15, -0.1) is 0 Å². The molecule has 2 aliphatic carbocycles. The van der Waals surface area contributed by atoms with E-state index in [4.69, 9.17) is 5.73 Å². The van der Waals surface area contributed by atoms with Gasteiger partial charge in [0.2, 0.25) is 0 Å². The third kappa shape index (κ3) is 3.46. The maximum absolute atomic E-state index is 6.01. The lowest BCUT2D eigenvalue weighted by atomic mass is 9.85. The van der Waals surface area contributed by atoms with Gasteiger partial charge >= 0.3 is 0 Å². The van der Waals surface area contributed by atoms with Crippen molar-refractivity contribution >= 4 is 0 Å². The summed E-state index contributed by atoms with van der Waals surface area (Å²) >= 11 is 0. The van der Waals surface area contributed by atoms with Crippen LogP contribution >= 0.6 is 0 Å². The van der Waals surface area contributed by atoms with Crippen LogP contribution in [-0.4, -0.2) is 18.1 Å². The molecular formula is C13H26N2. The van der Waals surface area contributed by atoms with Crippen LogP contribution in [0.1, 0.15) is 58.3 Å². The van der Waals surface area contributed by atoms with Crippen LogP contribution in [0.2, 0.25) is 0 Å². The van der Waals surface area contributed by atoms with Gasteiger partial charge in [-0.25, -0.2) is 0 Å². The molecule has 2 aliphatic rings. The van der Waals surface area contributed by atoms with Gasteiger partial charge in [-0.05, 0) is 50.9 Å². The van der Waals surface area contributed by atoms with Gasteiger partial charge in [0.1, 0.15) is 0 Å². The molecule has 0 saturated heterocycles.